The van der Waals surface area contributed by atoms with Crippen LogP contribution in [0, 0.1) is 50.2 Å². The van der Waals surface area contributed by atoms with Gasteiger partial charge in [-0.1, -0.05) is 60.1 Å². The average molecular weight is 1410 g/mol. The summed E-state index contributed by atoms with van der Waals surface area (Å²) in [6.07, 6.45) is -37.0. The Hall–Kier alpha value is -3.79. The first-order valence-corrected chi connectivity index (χ1v) is 33.9. The summed E-state index contributed by atoms with van der Waals surface area (Å²) in [5.41, 5.74) is -2.81. The minimum Gasteiger partial charge on any atom is -0.479 e. The van der Waals surface area contributed by atoms with Crippen molar-refractivity contribution >= 4 is 29.8 Å². The monoisotopic (exact) mass is 1410 g/mol. The molecule has 0 aromatic carbocycles. The lowest BCUT2D eigenvalue weighted by atomic mass is 9.33. The lowest BCUT2D eigenvalue weighted by molar-refractivity contribution is -0.388. The zero-order valence-electron chi connectivity index (χ0n) is 57.1. The quantitative estimate of drug-likeness (QED) is 0.0301. The summed E-state index contributed by atoms with van der Waals surface area (Å²) in [7, 11) is 0. The number of aliphatic hydroxyl groups excluding tert-OH is 12. The van der Waals surface area contributed by atoms with Crippen LogP contribution in [0.15, 0.2) is 11.6 Å². The molecule has 5 heterocycles. The van der Waals surface area contributed by atoms with Crippen molar-refractivity contribution in [1.29, 1.82) is 0 Å². The van der Waals surface area contributed by atoms with Crippen LogP contribution in [0.5, 0.6) is 0 Å². The van der Waals surface area contributed by atoms with Gasteiger partial charge in [-0.2, -0.15) is 0 Å². The van der Waals surface area contributed by atoms with E-state index in [0.717, 1.165) is 27.7 Å². The van der Waals surface area contributed by atoms with Crippen LogP contribution in [0.3, 0.4) is 0 Å². The van der Waals surface area contributed by atoms with E-state index in [-0.39, 0.29) is 29.6 Å². The van der Waals surface area contributed by atoms with E-state index < -0.39 is 250 Å². The molecule has 0 aromatic heterocycles. The highest BCUT2D eigenvalue weighted by molar-refractivity contribution is 5.73. The topological polar surface area (TPSA) is 478 Å². The van der Waals surface area contributed by atoms with E-state index in [2.05, 4.69) is 33.8 Å². The highest BCUT2D eigenvalue weighted by Gasteiger charge is 2.71. The zero-order chi connectivity index (χ0) is 72.0. The second-order valence-electron chi connectivity index (χ2n) is 30.7. The van der Waals surface area contributed by atoms with Gasteiger partial charge in [-0.05, 0) is 90.8 Å². The normalized spacial score (nSPS) is 50.0. The maximum absolute atomic E-state index is 12.7. The molecule has 10 rings (SSSR count). The first kappa shape index (κ1) is 76.8. The molecule has 5 saturated heterocycles. The number of carboxylic acid groups (broad SMARTS) is 1. The molecule has 4 saturated carbocycles. The van der Waals surface area contributed by atoms with Crippen LogP contribution in [0.1, 0.15) is 128 Å². The fourth-order valence-corrected chi connectivity index (χ4v) is 18.7. The fourth-order valence-electron chi connectivity index (χ4n) is 18.7. The summed E-state index contributed by atoms with van der Waals surface area (Å²) >= 11 is 0. The number of aliphatic carboxylic acids is 1. The van der Waals surface area contributed by atoms with Gasteiger partial charge >= 0.3 is 29.8 Å². The van der Waals surface area contributed by atoms with Crippen molar-refractivity contribution in [2.45, 2.75) is 287 Å². The van der Waals surface area contributed by atoms with Crippen LogP contribution in [0.2, 0.25) is 0 Å². The standard InChI is InChI=1S/C66H102O32/c1-26(69)85-24-35-47(88-27(2)70)51(89-28(3)71)52(90-29(4)72)60(92-35)94-46-33(74)23-86-56(45(46)81)98-54-53(82)61(5,6)20-31-30-12-13-37-63(8)16-15-38(64(9,25-68)36(63)14-17-66(37,11)65(30,10)19-18-62(31,54)7)93-59-50(43(79)42(78)48(95-59)55(83)84)97-58-49(39(75)32(73)22-87-58)96-57-44(80)41(77)40(76)34(21-67)91-57/h12,31-54,56-60,67-68,73-82H,13-25H2,1-11H3,(H,83,84)/t31-,32-,33-,34+,35+,36+,37+,38-,39-,40+,41-,42-,43-,44+,45+,46-,47+,48-,49+,50+,51-,52+,53-,54+,56-,57-,58-,59+,60-,62+,63-,64+,65+,66+/m0/s1. The van der Waals surface area contributed by atoms with Gasteiger partial charge in [0.1, 0.15) is 92.1 Å². The number of hydrogen-bond donors (Lipinski definition) is 13. The molecule has 98 heavy (non-hydrogen) atoms. The molecule has 32 heteroatoms. The predicted molar refractivity (Wildman–Crippen MR) is 325 cm³/mol. The van der Waals surface area contributed by atoms with Crippen molar-refractivity contribution in [2.24, 2.45) is 50.2 Å². The lowest BCUT2D eigenvalue weighted by Gasteiger charge is -2.72. The van der Waals surface area contributed by atoms with Crippen molar-refractivity contribution in [3.63, 3.8) is 0 Å². The molecular formula is C66H102O32. The summed E-state index contributed by atoms with van der Waals surface area (Å²) < 4.78 is 83.4. The van der Waals surface area contributed by atoms with E-state index >= 15 is 0 Å². The summed E-state index contributed by atoms with van der Waals surface area (Å²) in [5.74, 6) is -5.49. The van der Waals surface area contributed by atoms with Gasteiger partial charge in [0.15, 0.2) is 55.9 Å². The number of rotatable bonds is 18. The SMILES string of the molecule is CC(=O)OC[C@H]1O[C@@H](O[C@@H]2[C@@H](O)[C@H](O[C@@H]3[C@H](O)C(C)(C)C[C@H]4C5=CC[C@@H]6[C@@]7(C)CC[C@H](O[C@@H]8O[C@H](C(=O)O)[C@@H](O)[C@H](O)[C@H]8O[C@@H]8OC[C@H](O)[C@H](O)[C@H]8O[C@@H]8O[C@H](CO)[C@@H](O)[C@H](O)[C@H]8O)[C@](C)(CO)[C@@H]7CC[C@@]6(C)[C@]5(C)CC[C@@]34C)OC[C@@H]2O)[C@H](OC(C)=O)[C@@H](OC(C)=O)[C@@H]1OC(C)=O. The predicted octanol–water partition coefficient (Wildman–Crippen LogP) is -2.14. The van der Waals surface area contributed by atoms with Crippen molar-refractivity contribution in [3.05, 3.63) is 11.6 Å². The lowest BCUT2D eigenvalue weighted by Crippen LogP contribution is -2.69. The molecule has 5 aliphatic heterocycles. The number of esters is 4. The van der Waals surface area contributed by atoms with Crippen molar-refractivity contribution in [1.82, 2.24) is 0 Å². The summed E-state index contributed by atoms with van der Waals surface area (Å²) in [4.78, 5) is 62.4. The minimum atomic E-state index is -2.13. The van der Waals surface area contributed by atoms with Gasteiger partial charge < -0.3 is 133 Å². The number of allylic oxidation sites excluding steroid dienone is 2. The third kappa shape index (κ3) is 13.7. The van der Waals surface area contributed by atoms with Crippen molar-refractivity contribution in [2.75, 3.05) is 33.0 Å². The van der Waals surface area contributed by atoms with Crippen LogP contribution >= 0.6 is 0 Å². The van der Waals surface area contributed by atoms with E-state index in [9.17, 15) is 90.4 Å². The Bertz CT molecular complexity index is 2900. The van der Waals surface area contributed by atoms with Crippen LogP contribution in [-0.4, -0.2) is 289 Å². The maximum atomic E-state index is 12.7. The Labute approximate surface area is 566 Å². The molecule has 32 nitrogen and oxygen atoms in total. The van der Waals surface area contributed by atoms with Gasteiger partial charge in [0.2, 0.25) is 0 Å². The van der Waals surface area contributed by atoms with Gasteiger partial charge in [-0.25, -0.2) is 4.79 Å². The van der Waals surface area contributed by atoms with E-state index in [1.54, 1.807) is 0 Å². The maximum Gasteiger partial charge on any atom is 0.335 e. The molecule has 10 aliphatic rings. The Morgan fingerprint density at radius 2 is 1.11 bits per heavy atom. The second-order valence-corrected chi connectivity index (χ2v) is 30.7. The van der Waals surface area contributed by atoms with Crippen LogP contribution in [-0.2, 0) is 90.3 Å². The van der Waals surface area contributed by atoms with Gasteiger partial charge in [-0.15, -0.1) is 0 Å². The van der Waals surface area contributed by atoms with Gasteiger partial charge in [0.25, 0.3) is 0 Å². The number of hydrogen-bond acceptors (Lipinski definition) is 31. The molecule has 34 atom stereocenters. The Morgan fingerprint density at radius 3 is 1.74 bits per heavy atom. The molecule has 0 radical (unpaired) electrons. The second kappa shape index (κ2) is 29.0. The van der Waals surface area contributed by atoms with E-state index in [4.69, 9.17) is 66.3 Å². The molecule has 9 fully saturated rings. The highest BCUT2D eigenvalue weighted by Crippen LogP contribution is 2.76. The number of carbonyl (C=O) groups is 5. The summed E-state index contributed by atoms with van der Waals surface area (Å²) in [6, 6.07) is 0. The van der Waals surface area contributed by atoms with Gasteiger partial charge in [0, 0.05) is 38.5 Å². The number of carbonyl (C=O) groups excluding carboxylic acids is 4. The number of carboxylic acids is 1. The van der Waals surface area contributed by atoms with Crippen molar-refractivity contribution < 1.29 is 157 Å². The largest absolute Gasteiger partial charge is 0.479 e. The molecule has 558 valence electrons. The zero-order valence-corrected chi connectivity index (χ0v) is 57.1. The molecule has 5 aliphatic carbocycles. The number of fused-ring (bicyclic) bond motifs is 7. The number of ether oxygens (including phenoxy) is 14. The van der Waals surface area contributed by atoms with Crippen LogP contribution < -0.4 is 0 Å². The third-order valence-corrected chi connectivity index (χ3v) is 24.3. The Morgan fingerprint density at radius 1 is 0.520 bits per heavy atom. The third-order valence-electron chi connectivity index (χ3n) is 24.3. The highest BCUT2D eigenvalue weighted by atomic mass is 16.8. The molecule has 0 unspecified atom stereocenters. The minimum absolute atomic E-state index is 0.00526. The number of aliphatic hydroxyl groups is 12. The average Bonchev–Trinajstić information content (AvgIpc) is 0.671. The molecule has 13 N–H and O–H groups in total. The van der Waals surface area contributed by atoms with Crippen LogP contribution in [0.25, 0.3) is 0 Å². The Balaban J connectivity index is 0.886. The first-order valence-electron chi connectivity index (χ1n) is 33.9. The fraction of sp³-hybridized carbons (Fsp3) is 0.894. The van der Waals surface area contributed by atoms with E-state index in [0.29, 0.717) is 44.9 Å². The molecule has 0 aromatic rings. The molecular weight excluding hydrogens is 1300 g/mol. The summed E-state index contributed by atoms with van der Waals surface area (Å²) in [6.45, 7) is 16.2. The molecule has 0 bridgehead atoms. The summed E-state index contributed by atoms with van der Waals surface area (Å²) in [5, 5.41) is 145. The Kier molecular flexibility index (Phi) is 22.8. The van der Waals surface area contributed by atoms with Crippen LogP contribution in [0.4, 0.5) is 0 Å². The van der Waals surface area contributed by atoms with Crippen molar-refractivity contribution in [3.8, 4) is 0 Å². The van der Waals surface area contributed by atoms with E-state index in [1.165, 1.54) is 5.57 Å². The molecule has 0 amide bonds. The smallest absolute Gasteiger partial charge is 0.335 e. The van der Waals surface area contributed by atoms with E-state index in [1.807, 2.05) is 20.8 Å². The first-order chi connectivity index (χ1) is 45.8. The van der Waals surface area contributed by atoms with Gasteiger partial charge in [0.05, 0.1) is 44.7 Å². The van der Waals surface area contributed by atoms with Gasteiger partial charge in [-0.3, -0.25) is 19.2 Å². The molecule has 0 spiro atoms.